The summed E-state index contributed by atoms with van der Waals surface area (Å²) in [7, 11) is -4.20. The Morgan fingerprint density at radius 1 is 0.851 bits per heavy atom. The zero-order valence-corrected chi connectivity index (χ0v) is 28.2. The Morgan fingerprint density at radius 2 is 1.49 bits per heavy atom. The number of nitrogens with zero attached hydrogens (tertiary/aromatic N) is 1. The molecule has 0 aromatic heterocycles. The van der Waals surface area contributed by atoms with Crippen molar-refractivity contribution >= 4 is 50.1 Å². The van der Waals surface area contributed by atoms with Gasteiger partial charge in [-0.2, -0.15) is 0 Å². The lowest BCUT2D eigenvalue weighted by molar-refractivity contribution is -0.155. The molecule has 9 nitrogen and oxygen atoms in total. The maximum absolute atomic E-state index is 13.8. The number of aliphatic hydroxyl groups is 1. The summed E-state index contributed by atoms with van der Waals surface area (Å²) in [5.74, 6) is -2.04. The summed E-state index contributed by atoms with van der Waals surface area (Å²) in [4.78, 5) is 41.9. The minimum Gasteiger partial charge on any atom is -0.384 e. The molecule has 2 atom stereocenters. The highest BCUT2D eigenvalue weighted by Gasteiger charge is 2.50. The molecule has 0 saturated carbocycles. The highest BCUT2D eigenvalue weighted by molar-refractivity contribution is 7.90. The Morgan fingerprint density at radius 3 is 2.13 bits per heavy atom. The molecule has 1 heterocycles. The highest BCUT2D eigenvalue weighted by atomic mass is 35.5. The lowest BCUT2D eigenvalue weighted by atomic mass is 9.66. The average Bonchev–Trinajstić information content (AvgIpc) is 3.04. The van der Waals surface area contributed by atoms with E-state index in [4.69, 9.17) is 11.6 Å². The van der Waals surface area contributed by atoms with Gasteiger partial charge in [0, 0.05) is 34.7 Å². The van der Waals surface area contributed by atoms with E-state index in [1.54, 1.807) is 47.4 Å². The number of rotatable bonds is 8. The van der Waals surface area contributed by atoms with Crippen LogP contribution in [0.5, 0.6) is 0 Å². The number of sulfonamides is 1. The van der Waals surface area contributed by atoms with E-state index in [0.717, 1.165) is 10.9 Å². The summed E-state index contributed by atoms with van der Waals surface area (Å²) >= 11 is 6.06. The standard InChI is InChI=1S/C36H38ClN3O6S/c1-23(2)31(34(43)40-19-18-36(44,35(3,4)22-40)28-13-15-29(37)16-14-28)38-32(41)26-10-7-11-27(20-26)33(42)39-47(45,46)30-17-12-24-8-5-6-9-25(24)21-30/h5-17,20-21,23,31,44H,18-19,22H2,1-4H3,(H,38,41)(H,39,42)/t31-,36+/m1/s1. The van der Waals surface area contributed by atoms with Gasteiger partial charge < -0.3 is 15.3 Å². The van der Waals surface area contributed by atoms with Gasteiger partial charge in [-0.15, -0.1) is 0 Å². The van der Waals surface area contributed by atoms with Crippen molar-refractivity contribution in [3.8, 4) is 0 Å². The van der Waals surface area contributed by atoms with Gasteiger partial charge in [0.1, 0.15) is 6.04 Å². The first kappa shape index (κ1) is 34.1. The normalized spacial score (nSPS) is 18.5. The van der Waals surface area contributed by atoms with Crippen LogP contribution >= 0.6 is 11.6 Å². The van der Waals surface area contributed by atoms with Crippen LogP contribution in [-0.2, 0) is 20.4 Å². The molecule has 1 saturated heterocycles. The van der Waals surface area contributed by atoms with E-state index in [9.17, 15) is 27.9 Å². The number of piperidine rings is 1. The third-order valence-electron chi connectivity index (χ3n) is 8.95. The van der Waals surface area contributed by atoms with Gasteiger partial charge in [0.2, 0.25) is 5.91 Å². The Labute approximate surface area is 280 Å². The molecule has 0 aliphatic carbocycles. The molecule has 0 unspecified atom stereocenters. The third-order valence-corrected chi connectivity index (χ3v) is 10.5. The molecule has 11 heteroatoms. The van der Waals surface area contributed by atoms with Crippen molar-refractivity contribution in [2.75, 3.05) is 13.1 Å². The molecule has 3 amide bonds. The molecule has 1 aliphatic heterocycles. The SMILES string of the molecule is CC(C)[C@@H](NC(=O)c1cccc(C(=O)NS(=O)(=O)c2ccc3ccccc3c2)c1)C(=O)N1CC[C@](O)(c2ccc(Cl)cc2)C(C)(C)C1. The average molecular weight is 676 g/mol. The molecule has 1 fully saturated rings. The number of carbonyl (C=O) groups is 3. The van der Waals surface area contributed by atoms with Crippen LogP contribution in [0, 0.1) is 11.3 Å². The Bertz CT molecular complexity index is 1940. The van der Waals surface area contributed by atoms with Crippen molar-refractivity contribution in [2.45, 2.75) is 50.7 Å². The largest absolute Gasteiger partial charge is 0.384 e. The first-order valence-corrected chi connectivity index (χ1v) is 17.2. The van der Waals surface area contributed by atoms with Crippen LogP contribution in [0.3, 0.4) is 0 Å². The van der Waals surface area contributed by atoms with Gasteiger partial charge in [-0.05, 0) is 71.1 Å². The van der Waals surface area contributed by atoms with E-state index in [0.29, 0.717) is 16.8 Å². The number of hydrogen-bond donors (Lipinski definition) is 3. The van der Waals surface area contributed by atoms with Gasteiger partial charge in [0.05, 0.1) is 10.5 Å². The maximum Gasteiger partial charge on any atom is 0.265 e. The van der Waals surface area contributed by atoms with Gasteiger partial charge in [0.15, 0.2) is 0 Å². The molecule has 246 valence electrons. The van der Waals surface area contributed by atoms with E-state index in [1.807, 2.05) is 39.8 Å². The molecule has 1 aliphatic rings. The maximum atomic E-state index is 13.8. The quantitative estimate of drug-likeness (QED) is 0.226. The summed E-state index contributed by atoms with van der Waals surface area (Å²) in [5, 5.41) is 16.7. The predicted octanol–water partition coefficient (Wildman–Crippen LogP) is 5.51. The van der Waals surface area contributed by atoms with Crippen LogP contribution in [0.2, 0.25) is 5.02 Å². The highest BCUT2D eigenvalue weighted by Crippen LogP contribution is 2.46. The predicted molar refractivity (Wildman–Crippen MR) is 181 cm³/mol. The Kier molecular flexibility index (Phi) is 9.50. The van der Waals surface area contributed by atoms with E-state index < -0.39 is 38.9 Å². The molecule has 4 aromatic rings. The lowest BCUT2D eigenvalue weighted by Crippen LogP contribution is -2.60. The topological polar surface area (TPSA) is 133 Å². The third kappa shape index (κ3) is 7.05. The van der Waals surface area contributed by atoms with Gasteiger partial charge in [-0.25, -0.2) is 13.1 Å². The number of benzene rings is 4. The van der Waals surface area contributed by atoms with E-state index in [2.05, 4.69) is 10.0 Å². The van der Waals surface area contributed by atoms with Gasteiger partial charge in [-0.1, -0.05) is 87.8 Å². The van der Waals surface area contributed by atoms with E-state index >= 15 is 0 Å². The number of hydrogen-bond acceptors (Lipinski definition) is 6. The van der Waals surface area contributed by atoms with Gasteiger partial charge >= 0.3 is 0 Å². The monoisotopic (exact) mass is 675 g/mol. The smallest absolute Gasteiger partial charge is 0.265 e. The second kappa shape index (κ2) is 13.1. The van der Waals surface area contributed by atoms with Crippen LogP contribution < -0.4 is 10.0 Å². The Balaban J connectivity index is 1.28. The fourth-order valence-corrected chi connectivity index (χ4v) is 7.22. The van der Waals surface area contributed by atoms with Gasteiger partial charge in [0.25, 0.3) is 21.8 Å². The zero-order chi connectivity index (χ0) is 34.1. The Hall–Kier alpha value is -4.25. The molecule has 4 aromatic carbocycles. The van der Waals surface area contributed by atoms with E-state index in [1.165, 1.54) is 36.4 Å². The lowest BCUT2D eigenvalue weighted by Gasteiger charge is -2.51. The summed E-state index contributed by atoms with van der Waals surface area (Å²) in [6, 6.07) is 23.7. The second-order valence-electron chi connectivity index (χ2n) is 13.0. The summed E-state index contributed by atoms with van der Waals surface area (Å²) < 4.78 is 28.1. The summed E-state index contributed by atoms with van der Waals surface area (Å²) in [6.07, 6.45) is 0.297. The first-order valence-electron chi connectivity index (χ1n) is 15.4. The van der Waals surface area contributed by atoms with Crippen molar-refractivity contribution in [3.05, 3.63) is 113 Å². The molecular weight excluding hydrogens is 638 g/mol. The molecule has 47 heavy (non-hydrogen) atoms. The van der Waals surface area contributed by atoms with Crippen molar-refractivity contribution < 1.29 is 27.9 Å². The molecular formula is C36H38ClN3O6S. The summed E-state index contributed by atoms with van der Waals surface area (Å²) in [5.41, 5.74) is -1.12. The molecule has 0 radical (unpaired) electrons. The number of nitrogens with one attached hydrogen (secondary N) is 2. The van der Waals surface area contributed by atoms with Crippen molar-refractivity contribution in [1.29, 1.82) is 0 Å². The minimum absolute atomic E-state index is 0.0336. The van der Waals surface area contributed by atoms with Crippen molar-refractivity contribution in [2.24, 2.45) is 11.3 Å². The van der Waals surface area contributed by atoms with Crippen molar-refractivity contribution in [3.63, 3.8) is 0 Å². The zero-order valence-electron chi connectivity index (χ0n) is 26.7. The number of carbonyl (C=O) groups excluding carboxylic acids is 3. The molecule has 3 N–H and O–H groups in total. The number of halogens is 1. The number of likely N-dealkylation sites (tertiary alicyclic amines) is 1. The van der Waals surface area contributed by atoms with Crippen LogP contribution in [-0.4, -0.2) is 55.3 Å². The fourth-order valence-electron chi connectivity index (χ4n) is 6.08. The summed E-state index contributed by atoms with van der Waals surface area (Å²) in [6.45, 7) is 7.99. The van der Waals surface area contributed by atoms with E-state index in [-0.39, 0.29) is 40.9 Å². The molecule has 0 spiro atoms. The first-order chi connectivity index (χ1) is 22.1. The number of amides is 3. The van der Waals surface area contributed by atoms with Crippen LogP contribution in [0.1, 0.15) is 60.4 Å². The molecule has 5 rings (SSSR count). The van der Waals surface area contributed by atoms with Crippen LogP contribution in [0.4, 0.5) is 0 Å². The minimum atomic E-state index is -4.20. The second-order valence-corrected chi connectivity index (χ2v) is 15.1. The molecule has 0 bridgehead atoms. The number of fused-ring (bicyclic) bond motifs is 1. The van der Waals surface area contributed by atoms with Crippen LogP contribution in [0.25, 0.3) is 10.8 Å². The fraction of sp³-hybridized carbons (Fsp3) is 0.306. The van der Waals surface area contributed by atoms with Crippen molar-refractivity contribution in [1.82, 2.24) is 14.9 Å². The van der Waals surface area contributed by atoms with Gasteiger partial charge in [-0.3, -0.25) is 14.4 Å². The van der Waals surface area contributed by atoms with Crippen LogP contribution in [0.15, 0.2) is 95.9 Å².